The van der Waals surface area contributed by atoms with E-state index in [4.69, 9.17) is 0 Å². The molecule has 4 nitrogen and oxygen atoms in total. The summed E-state index contributed by atoms with van der Waals surface area (Å²) >= 11 is 0. The molecule has 1 aromatic heterocycles. The predicted octanol–water partition coefficient (Wildman–Crippen LogP) is -0.795. The molecule has 9 heavy (non-hydrogen) atoms. The molecule has 0 aliphatic heterocycles. The molecule has 5 heteroatoms. The first-order valence-corrected chi connectivity index (χ1v) is 3.39. The molecule has 0 aliphatic rings. The Labute approximate surface area is 52.5 Å². The average Bonchev–Trinajstić information content (AvgIpc) is 1.90. The minimum atomic E-state index is -2.57. The molecule has 0 saturated heterocycles. The predicted molar refractivity (Wildman–Crippen MR) is 29.3 cm³/mol. The van der Waals surface area contributed by atoms with E-state index in [-0.39, 0.29) is 5.44 Å². The highest BCUT2D eigenvalue weighted by molar-refractivity contribution is 7.45. The van der Waals surface area contributed by atoms with Gasteiger partial charge in [0.25, 0.3) is 5.44 Å². The average molecular weight is 142 g/mol. The highest BCUT2D eigenvalue weighted by Gasteiger charge is 2.05. The molecular weight excluding hydrogens is 139 g/mol. The first-order valence-electron chi connectivity index (χ1n) is 2.21. The Morgan fingerprint density at radius 1 is 1.56 bits per heavy atom. The van der Waals surface area contributed by atoms with Crippen molar-refractivity contribution in [3.63, 3.8) is 0 Å². The molecule has 1 aromatic rings. The van der Waals surface area contributed by atoms with E-state index in [9.17, 15) is 9.46 Å². The van der Waals surface area contributed by atoms with Crippen LogP contribution in [0.4, 0.5) is 0 Å². The monoisotopic (exact) mass is 142 g/mol. The molecule has 1 rings (SSSR count). The molecular formula is C4H3N2O2P. The van der Waals surface area contributed by atoms with Crippen molar-refractivity contribution < 1.29 is 9.46 Å². The van der Waals surface area contributed by atoms with Gasteiger partial charge < -0.3 is 4.89 Å². The zero-order valence-electron chi connectivity index (χ0n) is 4.39. The summed E-state index contributed by atoms with van der Waals surface area (Å²) in [5.74, 6) is 0. The van der Waals surface area contributed by atoms with Crippen molar-refractivity contribution in [2.45, 2.75) is 0 Å². The number of aromatic nitrogens is 2. The van der Waals surface area contributed by atoms with Crippen molar-refractivity contribution in [3.8, 4) is 0 Å². The van der Waals surface area contributed by atoms with Gasteiger partial charge in [0.05, 0.1) is 6.20 Å². The molecule has 0 spiro atoms. The molecule has 0 fully saturated rings. The molecule has 0 saturated carbocycles. The second-order valence-electron chi connectivity index (χ2n) is 1.32. The topological polar surface area (TPSA) is 65.9 Å². The Morgan fingerprint density at radius 3 is 2.67 bits per heavy atom. The Hall–Kier alpha value is -0.860. The maximum Gasteiger partial charge on any atom is 0.371 e. The second-order valence-corrected chi connectivity index (χ2v) is 2.29. The van der Waals surface area contributed by atoms with Crippen molar-refractivity contribution in [1.29, 1.82) is 0 Å². The largest absolute Gasteiger partial charge is 0.589 e. The molecule has 0 aliphatic carbocycles. The fraction of sp³-hybridized carbons (Fsp3) is 0. The van der Waals surface area contributed by atoms with Crippen LogP contribution in [0.25, 0.3) is 0 Å². The van der Waals surface area contributed by atoms with Gasteiger partial charge in [-0.3, -0.25) is 4.98 Å². The highest BCUT2D eigenvalue weighted by atomic mass is 31.1. The number of hydrogen-bond donors (Lipinski definition) is 0. The Balaban J connectivity index is 2.98. The van der Waals surface area contributed by atoms with Crippen molar-refractivity contribution in [1.82, 2.24) is 9.97 Å². The smallest absolute Gasteiger partial charge is 0.371 e. The summed E-state index contributed by atoms with van der Waals surface area (Å²) in [5.41, 5.74) is 0.00694. The van der Waals surface area contributed by atoms with Gasteiger partial charge in [0.2, 0.25) is 0 Å². The van der Waals surface area contributed by atoms with Crippen molar-refractivity contribution in [2.75, 3.05) is 0 Å². The van der Waals surface area contributed by atoms with Crippen molar-refractivity contribution in [2.24, 2.45) is 0 Å². The van der Waals surface area contributed by atoms with Crippen LogP contribution in [0, 0.1) is 0 Å². The van der Waals surface area contributed by atoms with E-state index in [0.717, 1.165) is 0 Å². The maximum atomic E-state index is 10.1. The van der Waals surface area contributed by atoms with Gasteiger partial charge >= 0.3 is 8.03 Å². The third-order valence-electron chi connectivity index (χ3n) is 0.737. The summed E-state index contributed by atoms with van der Waals surface area (Å²) < 4.78 is 10.1. The minimum Gasteiger partial charge on any atom is -0.589 e. The SMILES string of the molecule is O=[P+]([O-])c1cnccn1. The lowest BCUT2D eigenvalue weighted by molar-refractivity contribution is -0.160. The summed E-state index contributed by atoms with van der Waals surface area (Å²) in [5, 5.41) is 0. The Kier molecular flexibility index (Phi) is 1.82. The van der Waals surface area contributed by atoms with E-state index in [1.807, 2.05) is 0 Å². The van der Waals surface area contributed by atoms with Crippen LogP contribution >= 0.6 is 8.03 Å². The van der Waals surface area contributed by atoms with Crippen molar-refractivity contribution >= 4 is 13.5 Å². The lowest BCUT2D eigenvalue weighted by Crippen LogP contribution is -2.08. The summed E-state index contributed by atoms with van der Waals surface area (Å²) in [6.45, 7) is 0. The van der Waals surface area contributed by atoms with E-state index in [1.165, 1.54) is 18.6 Å². The van der Waals surface area contributed by atoms with E-state index < -0.39 is 8.03 Å². The van der Waals surface area contributed by atoms with Gasteiger partial charge in [0, 0.05) is 6.20 Å². The molecule has 0 amide bonds. The van der Waals surface area contributed by atoms with E-state index in [1.54, 1.807) is 0 Å². The quantitative estimate of drug-likeness (QED) is 0.481. The lowest BCUT2D eigenvalue weighted by Gasteiger charge is -1.83. The van der Waals surface area contributed by atoms with Crippen LogP contribution in [0.2, 0.25) is 0 Å². The highest BCUT2D eigenvalue weighted by Crippen LogP contribution is 2.00. The lowest BCUT2D eigenvalue weighted by atomic mass is 10.8. The molecule has 0 N–H and O–H groups in total. The number of nitrogens with zero attached hydrogens (tertiary/aromatic N) is 2. The Bertz CT molecular complexity index is 213. The molecule has 1 atom stereocenters. The molecule has 0 aromatic carbocycles. The molecule has 0 radical (unpaired) electrons. The van der Waals surface area contributed by atoms with Gasteiger partial charge in [0.1, 0.15) is 6.20 Å². The van der Waals surface area contributed by atoms with Crippen LogP contribution in [0.3, 0.4) is 0 Å². The first-order chi connectivity index (χ1) is 4.30. The molecule has 46 valence electrons. The van der Waals surface area contributed by atoms with Gasteiger partial charge in [-0.15, -0.1) is 0 Å². The van der Waals surface area contributed by atoms with E-state index >= 15 is 0 Å². The standard InChI is InChI=1S/C4H3N2O2P/c7-9(8)4-3-5-1-2-6-4/h1-3H. The number of hydrogen-bond acceptors (Lipinski definition) is 4. The first kappa shape index (κ1) is 6.26. The second kappa shape index (κ2) is 2.62. The minimum absolute atomic E-state index is 0.00694. The maximum absolute atomic E-state index is 10.1. The zero-order chi connectivity index (χ0) is 6.69. The van der Waals surface area contributed by atoms with Gasteiger partial charge in [0.15, 0.2) is 0 Å². The van der Waals surface area contributed by atoms with E-state index in [0.29, 0.717) is 0 Å². The summed E-state index contributed by atoms with van der Waals surface area (Å²) in [6, 6.07) is 0. The van der Waals surface area contributed by atoms with E-state index in [2.05, 4.69) is 9.97 Å². The van der Waals surface area contributed by atoms with Gasteiger partial charge in [-0.2, -0.15) is 0 Å². The van der Waals surface area contributed by atoms with Gasteiger partial charge in [-0.1, -0.05) is 4.57 Å². The van der Waals surface area contributed by atoms with Crippen LogP contribution in [-0.2, 0) is 4.57 Å². The van der Waals surface area contributed by atoms with Crippen LogP contribution in [0.5, 0.6) is 0 Å². The van der Waals surface area contributed by atoms with Crippen molar-refractivity contribution in [3.05, 3.63) is 18.6 Å². The van der Waals surface area contributed by atoms with Gasteiger partial charge in [-0.05, 0) is 0 Å². The zero-order valence-corrected chi connectivity index (χ0v) is 5.28. The molecule has 1 heterocycles. The number of rotatable bonds is 1. The summed E-state index contributed by atoms with van der Waals surface area (Å²) in [7, 11) is -2.57. The fourth-order valence-electron chi connectivity index (χ4n) is 0.386. The van der Waals surface area contributed by atoms with Crippen LogP contribution in [0.15, 0.2) is 18.6 Å². The normalized spacial score (nSPS) is 11.0. The summed E-state index contributed by atoms with van der Waals surface area (Å²) in [6.07, 6.45) is 3.95. The Morgan fingerprint density at radius 2 is 2.33 bits per heavy atom. The fourth-order valence-corrected chi connectivity index (χ4v) is 0.707. The van der Waals surface area contributed by atoms with Gasteiger partial charge in [-0.25, -0.2) is 4.98 Å². The third kappa shape index (κ3) is 1.52. The molecule has 0 bridgehead atoms. The van der Waals surface area contributed by atoms with Crippen LogP contribution < -0.4 is 10.3 Å². The third-order valence-corrected chi connectivity index (χ3v) is 1.34. The molecule has 1 unspecified atom stereocenters. The van der Waals surface area contributed by atoms with Crippen LogP contribution in [-0.4, -0.2) is 9.97 Å². The van der Waals surface area contributed by atoms with Crippen LogP contribution in [0.1, 0.15) is 0 Å². The summed E-state index contributed by atoms with van der Waals surface area (Å²) in [4.78, 5) is 17.2.